The van der Waals surface area contributed by atoms with Gasteiger partial charge in [-0.1, -0.05) is 18.2 Å². The van der Waals surface area contributed by atoms with Crippen LogP contribution in [0, 0.1) is 15.9 Å². The first-order chi connectivity index (χ1) is 13.6. The Morgan fingerprint density at radius 1 is 1.18 bits per heavy atom. The highest BCUT2D eigenvalue weighted by Gasteiger charge is 2.23. The molecule has 1 aromatic carbocycles. The van der Waals surface area contributed by atoms with Crippen molar-refractivity contribution in [1.29, 1.82) is 0 Å². The van der Waals surface area contributed by atoms with Crippen molar-refractivity contribution in [2.45, 2.75) is 13.1 Å². The third-order valence-corrected chi connectivity index (χ3v) is 4.58. The summed E-state index contributed by atoms with van der Waals surface area (Å²) in [6.07, 6.45) is 3.13. The molecule has 1 aliphatic rings. The van der Waals surface area contributed by atoms with Gasteiger partial charge < -0.3 is 14.9 Å². The molecule has 0 amide bonds. The molecule has 0 radical (unpaired) electrons. The second-order valence-corrected chi connectivity index (χ2v) is 6.51. The Morgan fingerprint density at radius 2 is 2.07 bits per heavy atom. The number of hydrogen-bond donors (Lipinski definition) is 0. The van der Waals surface area contributed by atoms with Gasteiger partial charge in [0.2, 0.25) is 0 Å². The first-order valence-electron chi connectivity index (χ1n) is 8.86. The first kappa shape index (κ1) is 18.1. The van der Waals surface area contributed by atoms with Crippen LogP contribution in [0.25, 0.3) is 11.1 Å². The molecular formula is C19H18FN5O3. The molecule has 8 nitrogen and oxygen atoms in total. The number of halogens is 1. The smallest absolute Gasteiger partial charge is 0.414 e. The number of aromatic nitrogens is 3. The normalized spacial score (nSPS) is 14.6. The zero-order chi connectivity index (χ0) is 19.5. The Balaban J connectivity index is 1.42. The van der Waals surface area contributed by atoms with E-state index in [0.717, 1.165) is 16.8 Å². The summed E-state index contributed by atoms with van der Waals surface area (Å²) in [7, 11) is 0. The number of imidazole rings is 1. The van der Waals surface area contributed by atoms with Crippen LogP contribution in [0.1, 0.15) is 5.69 Å². The lowest BCUT2D eigenvalue weighted by Crippen LogP contribution is -2.33. The molecule has 2 aromatic heterocycles. The lowest BCUT2D eigenvalue weighted by Gasteiger charge is -2.24. The molecule has 0 spiro atoms. The maximum Gasteiger partial charge on any atom is 0.414 e. The van der Waals surface area contributed by atoms with Crippen LogP contribution in [0.15, 0.2) is 48.8 Å². The maximum absolute atomic E-state index is 13.4. The van der Waals surface area contributed by atoms with Crippen molar-refractivity contribution in [3.8, 4) is 17.1 Å². The van der Waals surface area contributed by atoms with E-state index in [9.17, 15) is 14.5 Å². The van der Waals surface area contributed by atoms with Crippen molar-refractivity contribution in [3.05, 3.63) is 70.4 Å². The van der Waals surface area contributed by atoms with Crippen LogP contribution in [0.3, 0.4) is 0 Å². The second kappa shape index (κ2) is 7.73. The molecule has 9 heteroatoms. The molecule has 3 aromatic rings. The number of rotatable bonds is 4. The minimum absolute atomic E-state index is 0.210. The van der Waals surface area contributed by atoms with Gasteiger partial charge >= 0.3 is 11.8 Å². The zero-order valence-electron chi connectivity index (χ0n) is 15.0. The fourth-order valence-corrected chi connectivity index (χ4v) is 3.12. The first-order valence-corrected chi connectivity index (χ1v) is 8.86. The minimum Gasteiger partial charge on any atom is -0.444 e. The van der Waals surface area contributed by atoms with E-state index in [1.165, 1.54) is 18.3 Å². The lowest BCUT2D eigenvalue weighted by atomic mass is 10.1. The molecule has 0 bridgehead atoms. The van der Waals surface area contributed by atoms with Gasteiger partial charge in [0.15, 0.2) is 0 Å². The van der Waals surface area contributed by atoms with Crippen LogP contribution in [0.4, 0.5) is 10.2 Å². The quantitative estimate of drug-likeness (QED) is 0.509. The molecule has 0 N–H and O–H groups in total. The van der Waals surface area contributed by atoms with Crippen LogP contribution >= 0.6 is 0 Å². The zero-order valence-corrected chi connectivity index (χ0v) is 15.0. The maximum atomic E-state index is 13.4. The molecule has 0 fully saturated rings. The van der Waals surface area contributed by atoms with E-state index in [-0.39, 0.29) is 17.6 Å². The number of fused-ring (bicyclic) bond motifs is 1. The number of hydrogen-bond acceptors (Lipinski definition) is 6. The molecule has 4 rings (SSSR count). The van der Waals surface area contributed by atoms with E-state index < -0.39 is 4.92 Å². The number of pyridine rings is 1. The largest absolute Gasteiger partial charge is 0.444 e. The molecule has 0 saturated heterocycles. The third-order valence-electron chi connectivity index (χ3n) is 4.58. The molecule has 28 heavy (non-hydrogen) atoms. The number of nitro groups is 1. The summed E-state index contributed by atoms with van der Waals surface area (Å²) in [4.78, 5) is 20.9. The monoisotopic (exact) mass is 383 g/mol. The van der Waals surface area contributed by atoms with E-state index >= 15 is 0 Å². The van der Waals surface area contributed by atoms with Gasteiger partial charge in [0.05, 0.1) is 5.69 Å². The van der Waals surface area contributed by atoms with Crippen molar-refractivity contribution in [1.82, 2.24) is 19.4 Å². The highest BCUT2D eigenvalue weighted by molar-refractivity contribution is 5.62. The van der Waals surface area contributed by atoms with E-state index in [0.29, 0.717) is 32.8 Å². The van der Waals surface area contributed by atoms with Crippen LogP contribution in [-0.4, -0.2) is 44.1 Å². The highest BCUT2D eigenvalue weighted by atomic mass is 19.1. The Labute approximate surface area is 160 Å². The molecule has 0 atom stereocenters. The van der Waals surface area contributed by atoms with Crippen molar-refractivity contribution in [3.63, 3.8) is 0 Å². The van der Waals surface area contributed by atoms with E-state index in [1.807, 2.05) is 18.2 Å². The standard InChI is InChI=1S/C19H18FN5O3/c20-16-3-1-2-14(10-16)15-4-5-17(21-11-15)12-23-6-7-24-13-18(25(26)27)22-19(24)28-9-8-23/h1-5,10-11,13H,6-9,12H2. The van der Waals surface area contributed by atoms with Gasteiger partial charge in [0.1, 0.15) is 18.6 Å². The summed E-state index contributed by atoms with van der Waals surface area (Å²) in [5.41, 5.74) is 2.53. The SMILES string of the molecule is O=[N+]([O-])c1cn2c(n1)OCCN(Cc1ccc(-c3cccc(F)c3)cn1)CC2. The Kier molecular flexibility index (Phi) is 4.98. The van der Waals surface area contributed by atoms with Gasteiger partial charge in [-0.15, -0.1) is 0 Å². The molecule has 0 unspecified atom stereocenters. The predicted molar refractivity (Wildman–Crippen MR) is 99.3 cm³/mol. The predicted octanol–water partition coefficient (Wildman–Crippen LogP) is 2.89. The molecule has 144 valence electrons. The number of nitrogens with zero attached hydrogens (tertiary/aromatic N) is 5. The Hall–Kier alpha value is -3.33. The topological polar surface area (TPSA) is 86.3 Å². The van der Waals surface area contributed by atoms with Crippen LogP contribution < -0.4 is 4.74 Å². The summed E-state index contributed by atoms with van der Waals surface area (Å²) in [6.45, 7) is 2.90. The fraction of sp³-hybridized carbons (Fsp3) is 0.263. The summed E-state index contributed by atoms with van der Waals surface area (Å²) in [5, 5.41) is 10.9. The summed E-state index contributed by atoms with van der Waals surface area (Å²) < 4.78 is 20.6. The summed E-state index contributed by atoms with van der Waals surface area (Å²) >= 11 is 0. The minimum atomic E-state index is -0.525. The van der Waals surface area contributed by atoms with Crippen molar-refractivity contribution in [2.24, 2.45) is 0 Å². The molecular weight excluding hydrogens is 365 g/mol. The van der Waals surface area contributed by atoms with Crippen molar-refractivity contribution < 1.29 is 14.1 Å². The molecule has 0 aliphatic carbocycles. The van der Waals surface area contributed by atoms with Crippen molar-refractivity contribution in [2.75, 3.05) is 19.7 Å². The second-order valence-electron chi connectivity index (χ2n) is 6.51. The highest BCUT2D eigenvalue weighted by Crippen LogP contribution is 2.21. The van der Waals surface area contributed by atoms with Crippen molar-refractivity contribution >= 4 is 5.82 Å². The fourth-order valence-electron chi connectivity index (χ4n) is 3.12. The van der Waals surface area contributed by atoms with E-state index in [4.69, 9.17) is 4.74 Å². The van der Waals surface area contributed by atoms with Gasteiger partial charge in [-0.05, 0) is 28.7 Å². The average Bonchev–Trinajstić information content (AvgIpc) is 3.07. The van der Waals surface area contributed by atoms with E-state index in [1.54, 1.807) is 16.8 Å². The third kappa shape index (κ3) is 3.99. The summed E-state index contributed by atoms with van der Waals surface area (Å²) in [6, 6.07) is 10.5. The van der Waals surface area contributed by atoms with Crippen LogP contribution in [0.5, 0.6) is 6.01 Å². The number of ether oxygens (including phenoxy) is 1. The van der Waals surface area contributed by atoms with E-state index in [2.05, 4.69) is 14.9 Å². The van der Waals surface area contributed by atoms with Gasteiger partial charge in [-0.2, -0.15) is 0 Å². The molecule has 0 saturated carbocycles. The average molecular weight is 383 g/mol. The van der Waals surface area contributed by atoms with Crippen LogP contribution in [0.2, 0.25) is 0 Å². The molecule has 1 aliphatic heterocycles. The summed E-state index contributed by atoms with van der Waals surface area (Å²) in [5.74, 6) is -0.487. The molecule has 3 heterocycles. The van der Waals surface area contributed by atoms with Crippen LogP contribution in [-0.2, 0) is 13.1 Å². The van der Waals surface area contributed by atoms with Gasteiger partial charge in [-0.3, -0.25) is 14.5 Å². The van der Waals surface area contributed by atoms with Gasteiger partial charge in [-0.25, -0.2) is 4.39 Å². The lowest BCUT2D eigenvalue weighted by molar-refractivity contribution is -0.389. The Morgan fingerprint density at radius 3 is 2.82 bits per heavy atom. The number of benzene rings is 1. The van der Waals surface area contributed by atoms with Gasteiger partial charge in [0.25, 0.3) is 0 Å². The Bertz CT molecular complexity index is 989. The van der Waals surface area contributed by atoms with Gasteiger partial charge in [0, 0.05) is 42.9 Å².